The minimum absolute atomic E-state index is 0.0654. The van der Waals surface area contributed by atoms with Crippen LogP contribution in [0, 0.1) is 0 Å². The highest BCUT2D eigenvalue weighted by molar-refractivity contribution is 7.22. The van der Waals surface area contributed by atoms with Crippen LogP contribution in [0.4, 0.5) is 8.78 Å². The van der Waals surface area contributed by atoms with Crippen molar-refractivity contribution in [1.29, 1.82) is 0 Å². The number of hydrogen-bond donors (Lipinski definition) is 0. The second-order valence-corrected chi connectivity index (χ2v) is 10.0. The average Bonchev–Trinajstić information content (AvgIpc) is 3.48. The molecular formula is C24H28F2N2O5S. The first-order valence-electron chi connectivity index (χ1n) is 11.7. The Bertz CT molecular complexity index is 1220. The highest BCUT2D eigenvalue weighted by Crippen LogP contribution is 2.47. The molecule has 0 spiro atoms. The van der Waals surface area contributed by atoms with Gasteiger partial charge in [0, 0.05) is 47.7 Å². The molecule has 0 aliphatic carbocycles. The fourth-order valence-electron chi connectivity index (χ4n) is 4.57. The van der Waals surface area contributed by atoms with E-state index in [0.29, 0.717) is 28.7 Å². The highest BCUT2D eigenvalue weighted by atomic mass is 32.1. The SMILES string of the molecule is CCCCOC1(C(C)(F)F)COCc2c1oc(=O)c1sc(-c3cnn(C4CCCCO4)c3)cc21. The minimum atomic E-state index is -3.32. The van der Waals surface area contributed by atoms with Gasteiger partial charge in [-0.15, -0.1) is 11.3 Å². The van der Waals surface area contributed by atoms with Crippen LogP contribution in [0.1, 0.15) is 63.5 Å². The fraction of sp³-hybridized carbons (Fsp3) is 0.583. The van der Waals surface area contributed by atoms with E-state index in [-0.39, 0.29) is 31.8 Å². The third kappa shape index (κ3) is 4.00. The summed E-state index contributed by atoms with van der Waals surface area (Å²) < 4.78 is 54.8. The summed E-state index contributed by atoms with van der Waals surface area (Å²) in [7, 11) is 0. The lowest BCUT2D eigenvalue weighted by molar-refractivity contribution is -0.249. The normalized spacial score (nSPS) is 23.4. The van der Waals surface area contributed by atoms with Gasteiger partial charge in [0.15, 0.2) is 5.76 Å². The number of alkyl halides is 2. The van der Waals surface area contributed by atoms with Crippen molar-refractivity contribution < 1.29 is 27.4 Å². The number of fused-ring (bicyclic) bond motifs is 3. The summed E-state index contributed by atoms with van der Waals surface area (Å²) in [4.78, 5) is 13.7. The quantitative estimate of drug-likeness (QED) is 0.397. The minimum Gasteiger partial charge on any atom is -0.423 e. The van der Waals surface area contributed by atoms with Gasteiger partial charge in [-0.2, -0.15) is 5.10 Å². The van der Waals surface area contributed by atoms with Crippen molar-refractivity contribution in [2.45, 2.75) is 70.3 Å². The lowest BCUT2D eigenvalue weighted by Gasteiger charge is -2.40. The van der Waals surface area contributed by atoms with Crippen molar-refractivity contribution in [3.8, 4) is 10.4 Å². The molecule has 3 aromatic rings. The predicted octanol–water partition coefficient (Wildman–Crippen LogP) is 5.61. The Morgan fingerprint density at radius 3 is 2.97 bits per heavy atom. The molecule has 0 amide bonds. The van der Waals surface area contributed by atoms with Gasteiger partial charge in [0.1, 0.15) is 10.9 Å². The van der Waals surface area contributed by atoms with E-state index < -0.39 is 17.1 Å². The van der Waals surface area contributed by atoms with Gasteiger partial charge in [-0.05, 0) is 31.7 Å². The standard InChI is InChI=1S/C24H28F2N2O5S/c1-3-4-9-32-24(23(2,25)26)14-30-13-17-16-10-18(34-20(16)22(29)33-21(17)24)15-11-27-28(12-15)19-7-5-6-8-31-19/h10-12,19H,3-9,13-14H2,1-2H3. The van der Waals surface area contributed by atoms with E-state index >= 15 is 0 Å². The third-order valence-corrected chi connectivity index (χ3v) is 7.69. The maximum atomic E-state index is 15.0. The second-order valence-electron chi connectivity index (χ2n) is 8.99. The largest absolute Gasteiger partial charge is 0.423 e. The Hall–Kier alpha value is -2.14. The van der Waals surface area contributed by atoms with Crippen LogP contribution in [0.3, 0.4) is 0 Å². The third-order valence-electron chi connectivity index (χ3n) is 6.52. The molecule has 10 heteroatoms. The maximum Gasteiger partial charge on any atom is 0.354 e. The molecule has 3 aromatic heterocycles. The van der Waals surface area contributed by atoms with Gasteiger partial charge < -0.3 is 18.6 Å². The van der Waals surface area contributed by atoms with E-state index in [9.17, 15) is 13.6 Å². The van der Waals surface area contributed by atoms with Gasteiger partial charge >= 0.3 is 5.63 Å². The van der Waals surface area contributed by atoms with Crippen molar-refractivity contribution in [1.82, 2.24) is 9.78 Å². The van der Waals surface area contributed by atoms with Crippen molar-refractivity contribution in [2.24, 2.45) is 0 Å². The van der Waals surface area contributed by atoms with Gasteiger partial charge in [0.05, 0.1) is 19.4 Å². The van der Waals surface area contributed by atoms with Gasteiger partial charge in [-0.3, -0.25) is 0 Å². The molecule has 0 radical (unpaired) electrons. The van der Waals surface area contributed by atoms with E-state index in [1.807, 2.05) is 19.2 Å². The summed E-state index contributed by atoms with van der Waals surface area (Å²) in [6.07, 6.45) is 7.94. The summed E-state index contributed by atoms with van der Waals surface area (Å²) in [6, 6.07) is 1.83. The molecule has 34 heavy (non-hydrogen) atoms. The molecule has 5 rings (SSSR count). The number of ether oxygens (including phenoxy) is 3. The molecule has 1 fully saturated rings. The molecule has 2 atom stereocenters. The van der Waals surface area contributed by atoms with Crippen molar-refractivity contribution >= 4 is 21.4 Å². The summed E-state index contributed by atoms with van der Waals surface area (Å²) in [5, 5.41) is 5.00. The molecule has 184 valence electrons. The summed E-state index contributed by atoms with van der Waals surface area (Å²) in [5.41, 5.74) is -1.53. The van der Waals surface area contributed by atoms with Crippen LogP contribution in [0.15, 0.2) is 27.7 Å². The number of thiophene rings is 1. The van der Waals surface area contributed by atoms with Crippen molar-refractivity contribution in [3.05, 3.63) is 40.2 Å². The van der Waals surface area contributed by atoms with E-state index in [0.717, 1.165) is 43.0 Å². The number of unbranched alkanes of at least 4 members (excludes halogenated alkanes) is 1. The molecule has 0 bridgehead atoms. The Morgan fingerprint density at radius 1 is 1.38 bits per heavy atom. The van der Waals surface area contributed by atoms with E-state index in [1.165, 1.54) is 11.3 Å². The molecule has 2 aliphatic heterocycles. The molecule has 2 aliphatic rings. The molecule has 7 nitrogen and oxygen atoms in total. The first-order chi connectivity index (χ1) is 16.3. The summed E-state index contributed by atoms with van der Waals surface area (Å²) >= 11 is 1.25. The molecule has 0 N–H and O–H groups in total. The van der Waals surface area contributed by atoms with Gasteiger partial charge in [-0.1, -0.05) is 13.3 Å². The van der Waals surface area contributed by atoms with Crippen LogP contribution in [0.25, 0.3) is 20.5 Å². The number of hydrogen-bond acceptors (Lipinski definition) is 7. The summed E-state index contributed by atoms with van der Waals surface area (Å²) in [5.74, 6) is -3.45. The Balaban J connectivity index is 1.58. The number of nitrogens with zero attached hydrogens (tertiary/aromatic N) is 2. The lowest BCUT2D eigenvalue weighted by Crippen LogP contribution is -2.52. The highest BCUT2D eigenvalue weighted by Gasteiger charge is 2.58. The Labute approximate surface area is 199 Å². The molecule has 2 unspecified atom stereocenters. The molecule has 0 saturated carbocycles. The average molecular weight is 495 g/mol. The Morgan fingerprint density at radius 2 is 2.24 bits per heavy atom. The number of rotatable bonds is 7. The smallest absolute Gasteiger partial charge is 0.354 e. The Kier molecular flexibility index (Phi) is 6.34. The zero-order valence-electron chi connectivity index (χ0n) is 19.3. The van der Waals surface area contributed by atoms with Crippen LogP contribution in [0.2, 0.25) is 0 Å². The fourth-order valence-corrected chi connectivity index (χ4v) is 5.61. The monoisotopic (exact) mass is 494 g/mol. The van der Waals surface area contributed by atoms with Crippen molar-refractivity contribution in [2.75, 3.05) is 19.8 Å². The van der Waals surface area contributed by atoms with Crippen LogP contribution in [-0.2, 0) is 26.4 Å². The van der Waals surface area contributed by atoms with Crippen LogP contribution in [0.5, 0.6) is 0 Å². The zero-order chi connectivity index (χ0) is 23.9. The van der Waals surface area contributed by atoms with Crippen molar-refractivity contribution in [3.63, 3.8) is 0 Å². The lowest BCUT2D eigenvalue weighted by atomic mass is 9.88. The molecular weight excluding hydrogens is 466 g/mol. The topological polar surface area (TPSA) is 75.7 Å². The number of aromatic nitrogens is 2. The zero-order valence-corrected chi connectivity index (χ0v) is 20.1. The second kappa shape index (κ2) is 9.14. The van der Waals surface area contributed by atoms with Gasteiger partial charge in [-0.25, -0.2) is 18.3 Å². The van der Waals surface area contributed by atoms with E-state index in [1.54, 1.807) is 10.9 Å². The van der Waals surface area contributed by atoms with Crippen LogP contribution >= 0.6 is 11.3 Å². The first kappa shape index (κ1) is 23.6. The molecule has 1 saturated heterocycles. The number of halogens is 2. The van der Waals surface area contributed by atoms with E-state index in [4.69, 9.17) is 18.6 Å². The molecule has 5 heterocycles. The predicted molar refractivity (Wildman–Crippen MR) is 123 cm³/mol. The van der Waals surface area contributed by atoms with Gasteiger partial charge in [0.25, 0.3) is 5.92 Å². The van der Waals surface area contributed by atoms with Crippen LogP contribution in [-0.4, -0.2) is 35.5 Å². The van der Waals surface area contributed by atoms with Crippen LogP contribution < -0.4 is 5.63 Å². The maximum absolute atomic E-state index is 15.0. The van der Waals surface area contributed by atoms with E-state index in [2.05, 4.69) is 5.10 Å². The molecule has 0 aromatic carbocycles. The first-order valence-corrected chi connectivity index (χ1v) is 12.5. The summed E-state index contributed by atoms with van der Waals surface area (Å²) in [6.45, 7) is 3.23. The van der Waals surface area contributed by atoms with Gasteiger partial charge in [0.2, 0.25) is 5.60 Å².